The Balaban J connectivity index is 1.84. The van der Waals surface area contributed by atoms with Crippen molar-refractivity contribution in [1.29, 1.82) is 0 Å². The molecule has 0 bridgehead atoms. The van der Waals surface area contributed by atoms with Crippen molar-refractivity contribution in [2.24, 2.45) is 0 Å². The van der Waals surface area contributed by atoms with E-state index in [9.17, 15) is 18.0 Å². The van der Waals surface area contributed by atoms with Gasteiger partial charge < -0.3 is 9.84 Å². The van der Waals surface area contributed by atoms with Crippen molar-refractivity contribution in [3.63, 3.8) is 0 Å². The third-order valence-corrected chi connectivity index (χ3v) is 4.74. The fourth-order valence-electron chi connectivity index (χ4n) is 2.46. The normalized spacial score (nSPS) is 11.6. The number of halogens is 3. The van der Waals surface area contributed by atoms with Crippen LogP contribution in [0.15, 0.2) is 35.8 Å². The number of carbonyl (C=O) groups is 1. The predicted octanol–water partition coefficient (Wildman–Crippen LogP) is 3.86. The topological polar surface area (TPSA) is 77.2 Å². The first-order valence-electron chi connectivity index (χ1n) is 8.27. The number of nitrogens with zero attached hydrogens (tertiary/aromatic N) is 3. The van der Waals surface area contributed by atoms with Crippen molar-refractivity contribution in [3.05, 3.63) is 52.7 Å². The number of thiazole rings is 1. The number of rotatable bonds is 6. The molecule has 3 rings (SSSR count). The zero-order valence-corrected chi connectivity index (χ0v) is 15.5. The summed E-state index contributed by atoms with van der Waals surface area (Å²) in [5.41, 5.74) is 0.731. The van der Waals surface area contributed by atoms with Crippen LogP contribution in [0.3, 0.4) is 0 Å². The number of aliphatic hydroxyl groups is 1. The first-order chi connectivity index (χ1) is 13.3. The highest BCUT2D eigenvalue weighted by atomic mass is 32.1. The van der Waals surface area contributed by atoms with Crippen LogP contribution in [0, 0.1) is 6.92 Å². The van der Waals surface area contributed by atoms with Crippen LogP contribution in [0.25, 0.3) is 16.4 Å². The van der Waals surface area contributed by atoms with Gasteiger partial charge >= 0.3 is 12.1 Å². The Labute approximate surface area is 162 Å². The smallest absolute Gasteiger partial charge is 0.416 e. The standard InChI is InChI=1S/C18H16F3N3O3S/c1-11-14(16(26)27-7-3-6-25)9-22-24(11)17-23-15(10-28-17)12-4-2-5-13(8-12)18(19,20)21/h2,4-5,8-10,25H,3,6-7H2,1H3. The van der Waals surface area contributed by atoms with Crippen molar-refractivity contribution < 1.29 is 27.8 Å². The number of ether oxygens (including phenoxy) is 1. The molecule has 0 spiro atoms. The molecular weight excluding hydrogens is 395 g/mol. The molecule has 3 aromatic rings. The maximum atomic E-state index is 12.9. The largest absolute Gasteiger partial charge is 0.462 e. The van der Waals surface area contributed by atoms with Crippen molar-refractivity contribution in [2.45, 2.75) is 19.5 Å². The zero-order valence-electron chi connectivity index (χ0n) is 14.7. The molecule has 2 heterocycles. The number of carbonyl (C=O) groups excluding carboxylic acids is 1. The van der Waals surface area contributed by atoms with E-state index in [0.29, 0.717) is 28.5 Å². The maximum Gasteiger partial charge on any atom is 0.416 e. The van der Waals surface area contributed by atoms with E-state index in [1.54, 1.807) is 18.4 Å². The summed E-state index contributed by atoms with van der Waals surface area (Å²) in [6.07, 6.45) is -2.74. The minimum absolute atomic E-state index is 0.0804. The molecule has 0 unspecified atom stereocenters. The highest BCUT2D eigenvalue weighted by Gasteiger charge is 2.30. The molecule has 28 heavy (non-hydrogen) atoms. The molecule has 0 fully saturated rings. The molecule has 0 aliphatic rings. The van der Waals surface area contributed by atoms with Gasteiger partial charge in [0.25, 0.3) is 0 Å². The van der Waals surface area contributed by atoms with Gasteiger partial charge in [-0.15, -0.1) is 11.3 Å². The Morgan fingerprint density at radius 3 is 2.86 bits per heavy atom. The lowest BCUT2D eigenvalue weighted by Gasteiger charge is -2.07. The average Bonchev–Trinajstić information content (AvgIpc) is 3.28. The van der Waals surface area contributed by atoms with E-state index >= 15 is 0 Å². The Morgan fingerprint density at radius 1 is 1.36 bits per heavy atom. The van der Waals surface area contributed by atoms with E-state index in [0.717, 1.165) is 12.1 Å². The summed E-state index contributed by atoms with van der Waals surface area (Å²) < 4.78 is 45.2. The molecule has 0 radical (unpaired) electrons. The van der Waals surface area contributed by atoms with Gasteiger partial charge in [-0.05, 0) is 19.1 Å². The third kappa shape index (κ3) is 4.23. The van der Waals surface area contributed by atoms with Crippen molar-refractivity contribution in [2.75, 3.05) is 13.2 Å². The Morgan fingerprint density at radius 2 is 2.14 bits per heavy atom. The second kappa shape index (κ2) is 8.11. The summed E-state index contributed by atoms with van der Waals surface area (Å²) in [6.45, 7) is 1.68. The number of aromatic nitrogens is 3. The molecule has 0 aliphatic carbocycles. The number of benzene rings is 1. The van der Waals surface area contributed by atoms with Crippen LogP contribution in [0.4, 0.5) is 13.2 Å². The van der Waals surface area contributed by atoms with Gasteiger partial charge in [0.05, 0.1) is 29.8 Å². The van der Waals surface area contributed by atoms with E-state index in [4.69, 9.17) is 9.84 Å². The lowest BCUT2D eigenvalue weighted by atomic mass is 10.1. The van der Waals surface area contributed by atoms with E-state index in [1.165, 1.54) is 28.3 Å². The Bertz CT molecular complexity index is 982. The second-order valence-electron chi connectivity index (χ2n) is 5.86. The average molecular weight is 411 g/mol. The van der Waals surface area contributed by atoms with Gasteiger partial charge in [0, 0.05) is 24.0 Å². The zero-order chi connectivity index (χ0) is 20.3. The van der Waals surface area contributed by atoms with Crippen LogP contribution < -0.4 is 0 Å². The fourth-order valence-corrected chi connectivity index (χ4v) is 3.30. The first kappa shape index (κ1) is 20.0. The van der Waals surface area contributed by atoms with E-state index in [2.05, 4.69) is 10.1 Å². The summed E-state index contributed by atoms with van der Waals surface area (Å²) in [5, 5.41) is 14.9. The molecule has 6 nitrogen and oxygen atoms in total. The maximum absolute atomic E-state index is 12.9. The van der Waals surface area contributed by atoms with Crippen LogP contribution in [-0.2, 0) is 10.9 Å². The molecule has 0 saturated heterocycles. The van der Waals surface area contributed by atoms with E-state index in [1.807, 2.05) is 0 Å². The van der Waals surface area contributed by atoms with Gasteiger partial charge in [-0.3, -0.25) is 0 Å². The van der Waals surface area contributed by atoms with Crippen LogP contribution >= 0.6 is 11.3 Å². The van der Waals surface area contributed by atoms with Crippen molar-refractivity contribution in [3.8, 4) is 16.4 Å². The molecule has 148 valence electrons. The Kier molecular flexibility index (Phi) is 5.80. The van der Waals surface area contributed by atoms with Gasteiger partial charge in [-0.2, -0.15) is 18.3 Å². The van der Waals surface area contributed by atoms with Crippen molar-refractivity contribution >= 4 is 17.3 Å². The molecule has 10 heteroatoms. The minimum atomic E-state index is -4.43. The van der Waals surface area contributed by atoms with Crippen LogP contribution in [0.5, 0.6) is 0 Å². The monoisotopic (exact) mass is 411 g/mol. The van der Waals surface area contributed by atoms with E-state index in [-0.39, 0.29) is 18.8 Å². The van der Waals surface area contributed by atoms with Crippen LogP contribution in [0.2, 0.25) is 0 Å². The molecule has 0 aliphatic heterocycles. The lowest BCUT2D eigenvalue weighted by molar-refractivity contribution is -0.137. The van der Waals surface area contributed by atoms with Gasteiger partial charge in [-0.1, -0.05) is 12.1 Å². The summed E-state index contributed by atoms with van der Waals surface area (Å²) in [4.78, 5) is 16.4. The van der Waals surface area contributed by atoms with Crippen LogP contribution in [-0.4, -0.2) is 39.1 Å². The number of hydrogen-bond donors (Lipinski definition) is 1. The second-order valence-corrected chi connectivity index (χ2v) is 6.70. The van der Waals surface area contributed by atoms with Crippen LogP contribution in [0.1, 0.15) is 28.0 Å². The fraction of sp³-hybridized carbons (Fsp3) is 0.278. The van der Waals surface area contributed by atoms with Gasteiger partial charge in [0.1, 0.15) is 5.56 Å². The van der Waals surface area contributed by atoms with E-state index < -0.39 is 17.7 Å². The quantitative estimate of drug-likeness (QED) is 0.492. The summed E-state index contributed by atoms with van der Waals surface area (Å²) in [7, 11) is 0. The highest BCUT2D eigenvalue weighted by Crippen LogP contribution is 2.33. The number of alkyl halides is 3. The van der Waals surface area contributed by atoms with Crippen molar-refractivity contribution in [1.82, 2.24) is 14.8 Å². The summed E-state index contributed by atoms with van der Waals surface area (Å²) in [5.74, 6) is -0.563. The summed E-state index contributed by atoms with van der Waals surface area (Å²) >= 11 is 1.19. The van der Waals surface area contributed by atoms with Gasteiger partial charge in [0.15, 0.2) is 0 Å². The third-order valence-electron chi connectivity index (χ3n) is 3.92. The molecular formula is C18H16F3N3O3S. The molecule has 0 amide bonds. The molecule has 1 N–H and O–H groups in total. The Hall–Kier alpha value is -2.72. The highest BCUT2D eigenvalue weighted by molar-refractivity contribution is 7.12. The number of esters is 1. The number of aliphatic hydroxyl groups excluding tert-OH is 1. The lowest BCUT2D eigenvalue weighted by Crippen LogP contribution is -2.09. The SMILES string of the molecule is Cc1c(C(=O)OCCCO)cnn1-c1nc(-c2cccc(C(F)(F)F)c2)cs1. The first-order valence-corrected chi connectivity index (χ1v) is 9.15. The number of hydrogen-bond acceptors (Lipinski definition) is 6. The summed E-state index contributed by atoms with van der Waals surface area (Å²) in [6, 6.07) is 4.92. The molecule has 0 atom stereocenters. The molecule has 1 aromatic carbocycles. The minimum Gasteiger partial charge on any atom is -0.462 e. The van der Waals surface area contributed by atoms with Gasteiger partial charge in [0.2, 0.25) is 5.13 Å². The molecule has 2 aromatic heterocycles. The van der Waals surface area contributed by atoms with Gasteiger partial charge in [-0.25, -0.2) is 14.5 Å². The predicted molar refractivity (Wildman–Crippen MR) is 96.4 cm³/mol. The molecule has 0 saturated carbocycles.